The average molecular weight is 209 g/mol. The van der Waals surface area contributed by atoms with Crippen molar-refractivity contribution in [1.29, 1.82) is 0 Å². The molecule has 0 aromatic carbocycles. The van der Waals surface area contributed by atoms with Crippen LogP contribution in [0.25, 0.3) is 0 Å². The second kappa shape index (κ2) is 5.91. The molecule has 1 rings (SSSR count). The normalized spacial score (nSPS) is 13.1. The molecule has 1 unspecified atom stereocenters. The fourth-order valence-electron chi connectivity index (χ4n) is 1.86. The van der Waals surface area contributed by atoms with Crippen molar-refractivity contribution in [3.05, 3.63) is 17.5 Å². The molecule has 1 aromatic rings. The Bertz CT molecular complexity index is 291. The molecule has 3 heteroatoms. The minimum atomic E-state index is 0.673. The second-order valence-corrected chi connectivity index (χ2v) is 4.21. The van der Waals surface area contributed by atoms with Crippen molar-refractivity contribution < 1.29 is 0 Å². The van der Waals surface area contributed by atoms with Crippen LogP contribution in [0.15, 0.2) is 6.07 Å². The molecule has 0 spiro atoms. The van der Waals surface area contributed by atoms with Gasteiger partial charge in [0, 0.05) is 12.2 Å². The summed E-state index contributed by atoms with van der Waals surface area (Å²) in [6, 6.07) is 2.20. The minimum Gasteiger partial charge on any atom is -0.317 e. The van der Waals surface area contributed by atoms with Gasteiger partial charge in [0.05, 0.1) is 5.69 Å². The fourth-order valence-corrected chi connectivity index (χ4v) is 1.86. The lowest BCUT2D eigenvalue weighted by atomic mass is 10.1. The van der Waals surface area contributed by atoms with E-state index in [1.807, 2.05) is 0 Å². The first kappa shape index (κ1) is 12.2. The van der Waals surface area contributed by atoms with Crippen molar-refractivity contribution in [2.45, 2.75) is 40.7 Å². The minimum absolute atomic E-state index is 0.673. The largest absolute Gasteiger partial charge is 0.317 e. The molecule has 15 heavy (non-hydrogen) atoms. The Hall–Kier alpha value is -0.830. The number of aryl methyl sites for hydroxylation is 2. The van der Waals surface area contributed by atoms with Gasteiger partial charge in [-0.15, -0.1) is 0 Å². The summed E-state index contributed by atoms with van der Waals surface area (Å²) in [7, 11) is 0. The first-order chi connectivity index (χ1) is 7.17. The Kier molecular flexibility index (Phi) is 4.82. The van der Waals surface area contributed by atoms with Crippen LogP contribution in [0, 0.1) is 12.8 Å². The van der Waals surface area contributed by atoms with Crippen LogP contribution in [-0.2, 0) is 13.0 Å². The molecule has 0 saturated heterocycles. The summed E-state index contributed by atoms with van der Waals surface area (Å²) >= 11 is 0. The highest BCUT2D eigenvalue weighted by atomic mass is 15.3. The summed E-state index contributed by atoms with van der Waals surface area (Å²) < 4.78 is 2.11. The summed E-state index contributed by atoms with van der Waals surface area (Å²) in [6.07, 6.45) is 1.11. The number of aromatic nitrogens is 2. The highest BCUT2D eigenvalue weighted by Gasteiger charge is 2.08. The number of hydrogen-bond donors (Lipinski definition) is 1. The Balaban J connectivity index is 2.54. The molecule has 0 radical (unpaired) electrons. The van der Waals surface area contributed by atoms with E-state index in [2.05, 4.69) is 48.9 Å². The highest BCUT2D eigenvalue weighted by molar-refractivity contribution is 5.09. The van der Waals surface area contributed by atoms with E-state index >= 15 is 0 Å². The van der Waals surface area contributed by atoms with E-state index in [4.69, 9.17) is 0 Å². The third kappa shape index (κ3) is 3.67. The third-order valence-corrected chi connectivity index (χ3v) is 2.59. The van der Waals surface area contributed by atoms with Gasteiger partial charge in [-0.25, -0.2) is 0 Å². The van der Waals surface area contributed by atoms with E-state index in [9.17, 15) is 0 Å². The Morgan fingerprint density at radius 2 is 2.20 bits per heavy atom. The van der Waals surface area contributed by atoms with Crippen molar-refractivity contribution >= 4 is 0 Å². The predicted octanol–water partition coefficient (Wildman–Crippen LogP) is 2.00. The molecule has 1 N–H and O–H groups in total. The van der Waals surface area contributed by atoms with Gasteiger partial charge in [0.15, 0.2) is 0 Å². The van der Waals surface area contributed by atoms with E-state index in [1.54, 1.807) is 0 Å². The standard InChI is InChI=1S/C12H23N3/c1-5-13-9-10(3)7-12-8-11(4)14-15(12)6-2/h8,10,13H,5-7,9H2,1-4H3. The van der Waals surface area contributed by atoms with Gasteiger partial charge >= 0.3 is 0 Å². The van der Waals surface area contributed by atoms with Crippen LogP contribution < -0.4 is 5.32 Å². The SMILES string of the molecule is CCNCC(C)Cc1cc(C)nn1CC. The van der Waals surface area contributed by atoms with E-state index in [-0.39, 0.29) is 0 Å². The van der Waals surface area contributed by atoms with Gasteiger partial charge in [0.2, 0.25) is 0 Å². The van der Waals surface area contributed by atoms with Crippen LogP contribution in [0.5, 0.6) is 0 Å². The van der Waals surface area contributed by atoms with Crippen molar-refractivity contribution in [2.24, 2.45) is 5.92 Å². The lowest BCUT2D eigenvalue weighted by Gasteiger charge is -2.12. The molecule has 1 heterocycles. The first-order valence-corrected chi connectivity index (χ1v) is 5.91. The second-order valence-electron chi connectivity index (χ2n) is 4.21. The molecule has 1 atom stereocenters. The maximum atomic E-state index is 4.46. The zero-order chi connectivity index (χ0) is 11.3. The van der Waals surface area contributed by atoms with Crippen molar-refractivity contribution in [1.82, 2.24) is 15.1 Å². The topological polar surface area (TPSA) is 29.9 Å². The van der Waals surface area contributed by atoms with Gasteiger partial charge in [-0.1, -0.05) is 13.8 Å². The lowest BCUT2D eigenvalue weighted by Crippen LogP contribution is -2.22. The number of nitrogens with one attached hydrogen (secondary N) is 1. The van der Waals surface area contributed by atoms with Gasteiger partial charge in [0.1, 0.15) is 0 Å². The molecule has 0 aliphatic rings. The van der Waals surface area contributed by atoms with Gasteiger partial charge in [-0.2, -0.15) is 5.10 Å². The molecule has 86 valence electrons. The Labute approximate surface area is 92.9 Å². The molecule has 0 amide bonds. The zero-order valence-corrected chi connectivity index (χ0v) is 10.4. The predicted molar refractivity (Wildman–Crippen MR) is 64.0 cm³/mol. The Morgan fingerprint density at radius 3 is 2.80 bits per heavy atom. The van der Waals surface area contributed by atoms with E-state index in [1.165, 1.54) is 5.69 Å². The molecule has 0 aliphatic carbocycles. The van der Waals surface area contributed by atoms with Gasteiger partial charge in [-0.05, 0) is 45.3 Å². The molecule has 0 saturated carbocycles. The van der Waals surface area contributed by atoms with Crippen LogP contribution in [0.4, 0.5) is 0 Å². The van der Waals surface area contributed by atoms with Gasteiger partial charge in [-0.3, -0.25) is 4.68 Å². The third-order valence-electron chi connectivity index (χ3n) is 2.59. The monoisotopic (exact) mass is 209 g/mol. The average Bonchev–Trinajstić information content (AvgIpc) is 2.55. The van der Waals surface area contributed by atoms with Crippen molar-refractivity contribution in [3.8, 4) is 0 Å². The van der Waals surface area contributed by atoms with Crippen molar-refractivity contribution in [2.75, 3.05) is 13.1 Å². The fraction of sp³-hybridized carbons (Fsp3) is 0.750. The van der Waals surface area contributed by atoms with E-state index in [0.29, 0.717) is 5.92 Å². The van der Waals surface area contributed by atoms with Gasteiger partial charge in [0.25, 0.3) is 0 Å². The summed E-state index contributed by atoms with van der Waals surface area (Å²) in [5.41, 5.74) is 2.49. The van der Waals surface area contributed by atoms with E-state index < -0.39 is 0 Å². The van der Waals surface area contributed by atoms with Crippen LogP contribution in [-0.4, -0.2) is 22.9 Å². The maximum Gasteiger partial charge on any atom is 0.0596 e. The van der Waals surface area contributed by atoms with Crippen LogP contribution in [0.1, 0.15) is 32.2 Å². The zero-order valence-electron chi connectivity index (χ0n) is 10.4. The van der Waals surface area contributed by atoms with Crippen LogP contribution in [0.2, 0.25) is 0 Å². The van der Waals surface area contributed by atoms with E-state index in [0.717, 1.165) is 31.7 Å². The van der Waals surface area contributed by atoms with Crippen LogP contribution >= 0.6 is 0 Å². The smallest absolute Gasteiger partial charge is 0.0596 e. The lowest BCUT2D eigenvalue weighted by molar-refractivity contribution is 0.494. The summed E-state index contributed by atoms with van der Waals surface area (Å²) in [6.45, 7) is 11.7. The Morgan fingerprint density at radius 1 is 1.47 bits per heavy atom. The van der Waals surface area contributed by atoms with Gasteiger partial charge < -0.3 is 5.32 Å². The number of nitrogens with zero attached hydrogens (tertiary/aromatic N) is 2. The van der Waals surface area contributed by atoms with Crippen LogP contribution in [0.3, 0.4) is 0 Å². The summed E-state index contributed by atoms with van der Waals surface area (Å²) in [5.74, 6) is 0.673. The molecule has 3 nitrogen and oxygen atoms in total. The number of rotatable bonds is 6. The molecule has 1 aromatic heterocycles. The molecule has 0 fully saturated rings. The molecular weight excluding hydrogens is 186 g/mol. The highest BCUT2D eigenvalue weighted by Crippen LogP contribution is 2.10. The molecule has 0 aliphatic heterocycles. The summed E-state index contributed by atoms with van der Waals surface area (Å²) in [5, 5.41) is 7.84. The molecular formula is C12H23N3. The molecule has 0 bridgehead atoms. The maximum absolute atomic E-state index is 4.46. The quantitative estimate of drug-likeness (QED) is 0.776. The summed E-state index contributed by atoms with van der Waals surface area (Å²) in [4.78, 5) is 0. The number of hydrogen-bond acceptors (Lipinski definition) is 2. The first-order valence-electron chi connectivity index (χ1n) is 5.91. The van der Waals surface area contributed by atoms with Crippen molar-refractivity contribution in [3.63, 3.8) is 0 Å².